The summed E-state index contributed by atoms with van der Waals surface area (Å²) >= 11 is 0. The molecule has 0 spiro atoms. The fourth-order valence-corrected chi connectivity index (χ4v) is 1.51. The average Bonchev–Trinajstić information content (AvgIpc) is 2.30. The van der Waals surface area contributed by atoms with Gasteiger partial charge < -0.3 is 15.1 Å². The second-order valence-electron chi connectivity index (χ2n) is 4.00. The van der Waals surface area contributed by atoms with Crippen molar-refractivity contribution < 1.29 is 19.0 Å². The maximum Gasteiger partial charge on any atom is 0.159 e. The van der Waals surface area contributed by atoms with Crippen molar-refractivity contribution >= 4 is 0 Å². The van der Waals surface area contributed by atoms with E-state index in [0.29, 0.717) is 25.1 Å². The van der Waals surface area contributed by atoms with Gasteiger partial charge in [-0.2, -0.15) is 0 Å². The Morgan fingerprint density at radius 3 is 2.53 bits per heavy atom. The molecular weight excluding hydrogens is 228 g/mol. The third kappa shape index (κ3) is 4.38. The molecule has 0 aliphatic heterocycles. The fourth-order valence-electron chi connectivity index (χ4n) is 1.51. The Morgan fingerprint density at radius 1 is 1.24 bits per heavy atom. The second-order valence-corrected chi connectivity index (χ2v) is 4.00. The van der Waals surface area contributed by atoms with Crippen molar-refractivity contribution in [1.82, 2.24) is 4.90 Å². The molecule has 1 rings (SSSR count). The van der Waals surface area contributed by atoms with Crippen molar-refractivity contribution in [3.05, 3.63) is 35.4 Å². The van der Waals surface area contributed by atoms with Gasteiger partial charge in [-0.25, -0.2) is 8.78 Å². The van der Waals surface area contributed by atoms with Gasteiger partial charge in [-0.3, -0.25) is 0 Å². The quantitative estimate of drug-likeness (QED) is 0.794. The number of likely N-dealkylation sites (N-methyl/N-ethyl adjacent to an activating group) is 1. The topological polar surface area (TPSA) is 43.7 Å². The molecule has 2 N–H and O–H groups in total. The lowest BCUT2D eigenvalue weighted by atomic mass is 10.1. The molecule has 0 bridgehead atoms. The van der Waals surface area contributed by atoms with E-state index >= 15 is 0 Å². The summed E-state index contributed by atoms with van der Waals surface area (Å²) in [6.45, 7) is 1.14. The van der Waals surface area contributed by atoms with Crippen LogP contribution in [0.2, 0.25) is 0 Å². The Balaban J connectivity index is 2.52. The molecule has 0 saturated carbocycles. The maximum atomic E-state index is 12.9. The van der Waals surface area contributed by atoms with E-state index in [1.165, 1.54) is 6.07 Å². The molecule has 0 radical (unpaired) electrons. The first-order chi connectivity index (χ1) is 8.04. The first-order valence-electron chi connectivity index (χ1n) is 5.47. The molecular formula is C12H17F2NO2. The molecule has 1 unspecified atom stereocenters. The van der Waals surface area contributed by atoms with E-state index in [1.54, 1.807) is 0 Å². The van der Waals surface area contributed by atoms with Gasteiger partial charge in [0, 0.05) is 13.1 Å². The molecule has 0 heterocycles. The van der Waals surface area contributed by atoms with Crippen LogP contribution in [-0.2, 0) is 0 Å². The zero-order valence-corrected chi connectivity index (χ0v) is 9.74. The molecule has 1 aromatic rings. The minimum Gasteiger partial charge on any atom is -0.395 e. The largest absolute Gasteiger partial charge is 0.395 e. The van der Waals surface area contributed by atoms with Crippen LogP contribution >= 0.6 is 0 Å². The van der Waals surface area contributed by atoms with Gasteiger partial charge in [0.15, 0.2) is 11.6 Å². The number of hydrogen-bond donors (Lipinski definition) is 2. The summed E-state index contributed by atoms with van der Waals surface area (Å²) < 4.78 is 25.6. The van der Waals surface area contributed by atoms with Gasteiger partial charge in [-0.05, 0) is 31.2 Å². The maximum absolute atomic E-state index is 12.9. The Morgan fingerprint density at radius 2 is 1.94 bits per heavy atom. The van der Waals surface area contributed by atoms with Crippen molar-refractivity contribution in [3.8, 4) is 0 Å². The van der Waals surface area contributed by atoms with Crippen molar-refractivity contribution in [3.63, 3.8) is 0 Å². The first kappa shape index (κ1) is 14.0. The summed E-state index contributed by atoms with van der Waals surface area (Å²) in [5, 5.41) is 18.5. The highest BCUT2D eigenvalue weighted by Crippen LogP contribution is 2.19. The van der Waals surface area contributed by atoms with Crippen LogP contribution in [0.3, 0.4) is 0 Å². The number of benzene rings is 1. The number of aliphatic hydroxyl groups is 2. The smallest absolute Gasteiger partial charge is 0.159 e. The number of aliphatic hydroxyl groups excluding tert-OH is 2. The fraction of sp³-hybridized carbons (Fsp3) is 0.500. The third-order valence-electron chi connectivity index (χ3n) is 2.59. The van der Waals surface area contributed by atoms with Gasteiger partial charge in [-0.1, -0.05) is 6.07 Å². The summed E-state index contributed by atoms with van der Waals surface area (Å²) in [7, 11) is 1.81. The van der Waals surface area contributed by atoms with Crippen LogP contribution in [-0.4, -0.2) is 41.9 Å². The van der Waals surface area contributed by atoms with Gasteiger partial charge in [0.2, 0.25) is 0 Å². The standard InChI is InChI=1S/C12H17F2NO2/c1-15(6-7-16)5-4-12(17)9-2-3-10(13)11(14)8-9/h2-3,8,12,16-17H,4-7H2,1H3. The predicted molar refractivity (Wildman–Crippen MR) is 60.5 cm³/mol. The minimum absolute atomic E-state index is 0.0533. The van der Waals surface area contributed by atoms with E-state index in [4.69, 9.17) is 5.11 Å². The van der Waals surface area contributed by atoms with Crippen molar-refractivity contribution in [2.24, 2.45) is 0 Å². The van der Waals surface area contributed by atoms with Crippen LogP contribution in [0.1, 0.15) is 18.1 Å². The van der Waals surface area contributed by atoms with Crippen LogP contribution in [0.4, 0.5) is 8.78 Å². The zero-order chi connectivity index (χ0) is 12.8. The normalized spacial score (nSPS) is 13.1. The van der Waals surface area contributed by atoms with Crippen LogP contribution in [0.5, 0.6) is 0 Å². The Kier molecular flexibility index (Phi) is 5.47. The van der Waals surface area contributed by atoms with Gasteiger partial charge >= 0.3 is 0 Å². The number of hydrogen-bond acceptors (Lipinski definition) is 3. The number of nitrogens with zero attached hydrogens (tertiary/aromatic N) is 1. The highest BCUT2D eigenvalue weighted by atomic mass is 19.2. The lowest BCUT2D eigenvalue weighted by Crippen LogP contribution is -2.24. The molecule has 5 heteroatoms. The molecule has 1 aromatic carbocycles. The monoisotopic (exact) mass is 245 g/mol. The SMILES string of the molecule is CN(CCO)CCC(O)c1ccc(F)c(F)c1. The van der Waals surface area contributed by atoms with Crippen LogP contribution in [0.25, 0.3) is 0 Å². The Bertz CT molecular complexity index is 360. The molecule has 0 aliphatic carbocycles. The van der Waals surface area contributed by atoms with Crippen LogP contribution in [0.15, 0.2) is 18.2 Å². The lowest BCUT2D eigenvalue weighted by molar-refractivity contribution is 0.141. The number of halogens is 2. The zero-order valence-electron chi connectivity index (χ0n) is 9.74. The number of rotatable bonds is 6. The van der Waals surface area contributed by atoms with Gasteiger partial charge in [0.25, 0.3) is 0 Å². The van der Waals surface area contributed by atoms with Gasteiger partial charge in [0.05, 0.1) is 12.7 Å². The third-order valence-corrected chi connectivity index (χ3v) is 2.59. The molecule has 17 heavy (non-hydrogen) atoms. The van der Waals surface area contributed by atoms with E-state index in [2.05, 4.69) is 0 Å². The van der Waals surface area contributed by atoms with Crippen molar-refractivity contribution in [1.29, 1.82) is 0 Å². The minimum atomic E-state index is -0.953. The van der Waals surface area contributed by atoms with Crippen LogP contribution in [0, 0.1) is 11.6 Å². The summed E-state index contributed by atoms with van der Waals surface area (Å²) in [6.07, 6.45) is -0.423. The lowest BCUT2D eigenvalue weighted by Gasteiger charge is -2.18. The molecule has 0 amide bonds. The van der Waals surface area contributed by atoms with Gasteiger partial charge in [-0.15, -0.1) is 0 Å². The average molecular weight is 245 g/mol. The Labute approximate surface area is 99.3 Å². The first-order valence-corrected chi connectivity index (χ1v) is 5.47. The summed E-state index contributed by atoms with van der Waals surface area (Å²) in [4.78, 5) is 1.85. The highest BCUT2D eigenvalue weighted by Gasteiger charge is 2.11. The van der Waals surface area contributed by atoms with Crippen molar-refractivity contribution in [2.45, 2.75) is 12.5 Å². The predicted octanol–water partition coefficient (Wildman–Crippen LogP) is 1.31. The molecule has 0 fully saturated rings. The van der Waals surface area contributed by atoms with E-state index in [-0.39, 0.29) is 6.61 Å². The molecule has 3 nitrogen and oxygen atoms in total. The highest BCUT2D eigenvalue weighted by molar-refractivity contribution is 5.19. The molecule has 96 valence electrons. The summed E-state index contributed by atoms with van der Waals surface area (Å²) in [6, 6.07) is 3.38. The van der Waals surface area contributed by atoms with Crippen molar-refractivity contribution in [2.75, 3.05) is 26.7 Å². The van der Waals surface area contributed by atoms with E-state index in [9.17, 15) is 13.9 Å². The summed E-state index contributed by atoms with van der Waals surface area (Å²) in [5.74, 6) is -1.87. The van der Waals surface area contributed by atoms with Gasteiger partial charge in [0.1, 0.15) is 0 Å². The van der Waals surface area contributed by atoms with E-state index in [1.807, 2.05) is 11.9 Å². The Hall–Kier alpha value is -1.04. The van der Waals surface area contributed by atoms with Crippen LogP contribution < -0.4 is 0 Å². The van der Waals surface area contributed by atoms with E-state index in [0.717, 1.165) is 12.1 Å². The second kappa shape index (κ2) is 6.64. The molecule has 1 atom stereocenters. The molecule has 0 aliphatic rings. The molecule has 0 aromatic heterocycles. The summed E-state index contributed by atoms with van der Waals surface area (Å²) in [5.41, 5.74) is 0.362. The molecule has 0 saturated heterocycles. The van der Waals surface area contributed by atoms with E-state index < -0.39 is 17.7 Å².